The second-order valence-corrected chi connectivity index (χ2v) is 6.82. The molecule has 0 aromatic heterocycles. The Hall–Kier alpha value is -1.58. The average Bonchev–Trinajstić information content (AvgIpc) is 3.04. The number of Topliss-reactive ketones (excluding diaryl/α,β-unsaturated/α-hetero) is 1. The van der Waals surface area contributed by atoms with Crippen LogP contribution < -0.4 is 0 Å². The Labute approximate surface area is 152 Å². The molecule has 0 fully saturated rings. The summed E-state index contributed by atoms with van der Waals surface area (Å²) in [6, 6.07) is 0. The van der Waals surface area contributed by atoms with E-state index in [1.165, 1.54) is 70.4 Å². The normalized spacial score (nSPS) is 13.8. The maximum absolute atomic E-state index is 11.8. The Morgan fingerprint density at radius 1 is 0.880 bits per heavy atom. The summed E-state index contributed by atoms with van der Waals surface area (Å²) in [4.78, 5) is 23.0. The lowest BCUT2D eigenvalue weighted by Gasteiger charge is -2.01. The molecule has 0 N–H and O–H groups in total. The Kier molecular flexibility index (Phi) is 12.7. The first kappa shape index (κ1) is 21.5. The molecule has 1 aliphatic heterocycles. The summed E-state index contributed by atoms with van der Waals surface area (Å²) in [5.74, 6) is -0.606. The monoisotopic (exact) mass is 346 g/mol. The summed E-state index contributed by atoms with van der Waals surface area (Å²) in [7, 11) is 0. The van der Waals surface area contributed by atoms with Gasteiger partial charge in [-0.2, -0.15) is 5.11 Å². The van der Waals surface area contributed by atoms with Crippen LogP contribution in [0.1, 0.15) is 96.8 Å². The van der Waals surface area contributed by atoms with Gasteiger partial charge >= 0.3 is 5.91 Å². The molecular weight excluding hydrogens is 312 g/mol. The summed E-state index contributed by atoms with van der Waals surface area (Å²) >= 11 is 0. The highest BCUT2D eigenvalue weighted by molar-refractivity contribution is 6.20. The molecule has 25 heavy (non-hydrogen) atoms. The third-order valence-corrected chi connectivity index (χ3v) is 4.53. The number of amides is 1. The second kappa shape index (κ2) is 14.7. The fourth-order valence-corrected chi connectivity index (χ4v) is 2.93. The van der Waals surface area contributed by atoms with Crippen molar-refractivity contribution in [2.24, 2.45) is 10.2 Å². The molecule has 0 saturated carbocycles. The summed E-state index contributed by atoms with van der Waals surface area (Å²) in [6.45, 7) is 2.26. The number of unbranched alkanes of at least 4 members (excludes halogenated alkanes) is 11. The van der Waals surface area contributed by atoms with E-state index in [0.717, 1.165) is 19.3 Å². The van der Waals surface area contributed by atoms with Crippen LogP contribution in [0.25, 0.3) is 0 Å². The fourth-order valence-electron chi connectivity index (χ4n) is 2.93. The molecule has 0 aromatic rings. The zero-order chi connectivity index (χ0) is 18.2. The van der Waals surface area contributed by atoms with Crippen LogP contribution in [0.4, 0.5) is 0 Å². The Morgan fingerprint density at radius 2 is 1.44 bits per heavy atom. The summed E-state index contributed by atoms with van der Waals surface area (Å²) < 4.78 is 0. The van der Waals surface area contributed by atoms with Gasteiger partial charge in [-0.15, -0.1) is 5.11 Å². The van der Waals surface area contributed by atoms with E-state index in [9.17, 15) is 9.59 Å². The molecule has 0 unspecified atom stereocenters. The van der Waals surface area contributed by atoms with E-state index in [-0.39, 0.29) is 11.4 Å². The zero-order valence-electron chi connectivity index (χ0n) is 15.8. The molecule has 1 amide bonds. The molecule has 0 aromatic carbocycles. The minimum atomic E-state index is -0.488. The lowest BCUT2D eigenvalue weighted by Crippen LogP contribution is -2.08. The molecule has 0 bridgehead atoms. The van der Waals surface area contributed by atoms with Gasteiger partial charge in [0, 0.05) is 6.42 Å². The largest absolute Gasteiger partial charge is 0.300 e. The molecule has 0 saturated heterocycles. The minimum absolute atomic E-state index is 0.118. The van der Waals surface area contributed by atoms with E-state index in [1.54, 1.807) is 0 Å². The number of rotatable bonds is 16. The third kappa shape index (κ3) is 10.8. The fraction of sp³-hybridized carbons (Fsp3) is 0.714. The van der Waals surface area contributed by atoms with Crippen molar-refractivity contribution in [1.29, 1.82) is 0 Å². The van der Waals surface area contributed by atoms with Crippen molar-refractivity contribution in [2.45, 2.75) is 96.8 Å². The summed E-state index contributed by atoms with van der Waals surface area (Å²) in [5.41, 5.74) is 0.149. The first-order valence-electron chi connectivity index (χ1n) is 10.1. The number of carbonyl (C=O) groups is 2. The van der Waals surface area contributed by atoms with Gasteiger partial charge in [-0.25, -0.2) is 0 Å². The number of carbonyl (C=O) groups excluding carboxylic acids is 2. The van der Waals surface area contributed by atoms with E-state index < -0.39 is 5.91 Å². The minimum Gasteiger partial charge on any atom is -0.294 e. The van der Waals surface area contributed by atoms with Crippen molar-refractivity contribution >= 4 is 11.7 Å². The number of hydrogen-bond donors (Lipinski definition) is 0. The van der Waals surface area contributed by atoms with E-state index >= 15 is 0 Å². The summed E-state index contributed by atoms with van der Waals surface area (Å²) in [6.07, 6.45) is 22.4. The maximum Gasteiger partial charge on any atom is 0.300 e. The van der Waals surface area contributed by atoms with Crippen LogP contribution in [-0.4, -0.2) is 11.7 Å². The SMILES string of the molecule is CCCCCCCC/C=C\CCCCCCCC(=O)C1=CN=NC1=O. The van der Waals surface area contributed by atoms with Gasteiger partial charge in [0.05, 0.1) is 6.20 Å². The van der Waals surface area contributed by atoms with Gasteiger partial charge in [-0.05, 0) is 32.1 Å². The molecule has 1 rings (SSSR count). The maximum atomic E-state index is 11.8. The highest BCUT2D eigenvalue weighted by atomic mass is 16.2. The smallest absolute Gasteiger partial charge is 0.294 e. The molecule has 4 heteroatoms. The molecule has 4 nitrogen and oxygen atoms in total. The Morgan fingerprint density at radius 3 is 2.00 bits per heavy atom. The van der Waals surface area contributed by atoms with Gasteiger partial charge in [0.15, 0.2) is 5.78 Å². The van der Waals surface area contributed by atoms with Crippen LogP contribution in [0.3, 0.4) is 0 Å². The number of hydrogen-bond acceptors (Lipinski definition) is 3. The number of ketones is 1. The van der Waals surface area contributed by atoms with E-state index in [0.29, 0.717) is 6.42 Å². The van der Waals surface area contributed by atoms with Crippen LogP contribution in [0.2, 0.25) is 0 Å². The lowest BCUT2D eigenvalue weighted by atomic mass is 10.0. The second-order valence-electron chi connectivity index (χ2n) is 6.82. The van der Waals surface area contributed by atoms with Crippen molar-refractivity contribution in [2.75, 3.05) is 0 Å². The van der Waals surface area contributed by atoms with Crippen LogP contribution in [0, 0.1) is 0 Å². The first-order valence-corrected chi connectivity index (χ1v) is 10.1. The van der Waals surface area contributed by atoms with Gasteiger partial charge in [-0.1, -0.05) is 70.4 Å². The van der Waals surface area contributed by atoms with Gasteiger partial charge < -0.3 is 0 Å². The van der Waals surface area contributed by atoms with Gasteiger partial charge in [0.25, 0.3) is 0 Å². The van der Waals surface area contributed by atoms with Crippen LogP contribution in [0.5, 0.6) is 0 Å². The molecule has 140 valence electrons. The van der Waals surface area contributed by atoms with Crippen molar-refractivity contribution in [3.63, 3.8) is 0 Å². The first-order chi connectivity index (χ1) is 12.3. The Balaban J connectivity index is 1.83. The van der Waals surface area contributed by atoms with Crippen LogP contribution >= 0.6 is 0 Å². The van der Waals surface area contributed by atoms with E-state index in [2.05, 4.69) is 29.3 Å². The third-order valence-electron chi connectivity index (χ3n) is 4.53. The van der Waals surface area contributed by atoms with E-state index in [4.69, 9.17) is 0 Å². The summed E-state index contributed by atoms with van der Waals surface area (Å²) in [5, 5.41) is 6.80. The van der Waals surface area contributed by atoms with Gasteiger partial charge in [0.2, 0.25) is 0 Å². The van der Waals surface area contributed by atoms with Crippen molar-refractivity contribution in [3.8, 4) is 0 Å². The molecule has 0 aliphatic carbocycles. The molecule has 0 atom stereocenters. The predicted molar refractivity (Wildman–Crippen MR) is 102 cm³/mol. The van der Waals surface area contributed by atoms with Crippen LogP contribution in [0.15, 0.2) is 34.2 Å². The molecule has 1 aliphatic rings. The Bertz CT molecular complexity index is 478. The highest BCUT2D eigenvalue weighted by Crippen LogP contribution is 2.14. The number of allylic oxidation sites excluding steroid dienone is 2. The molecule has 0 spiro atoms. The van der Waals surface area contributed by atoms with Crippen LogP contribution in [-0.2, 0) is 9.59 Å². The topological polar surface area (TPSA) is 58.9 Å². The van der Waals surface area contributed by atoms with Crippen molar-refractivity contribution in [1.82, 2.24) is 0 Å². The number of nitrogens with zero attached hydrogens (tertiary/aromatic N) is 2. The molecule has 1 heterocycles. The molecular formula is C21H34N2O2. The van der Waals surface area contributed by atoms with Crippen molar-refractivity contribution < 1.29 is 9.59 Å². The quantitative estimate of drug-likeness (QED) is 0.183. The molecule has 0 radical (unpaired) electrons. The average molecular weight is 347 g/mol. The standard InChI is InChI=1S/C21H34N2O2/c1-2-3-4-5-6-7-8-9-10-11-12-13-14-15-16-17-20(24)19-18-22-23-21(19)25/h9-10,18H,2-8,11-17H2,1H3/b10-9-. The van der Waals surface area contributed by atoms with Gasteiger partial charge in [-0.3, -0.25) is 9.59 Å². The van der Waals surface area contributed by atoms with Gasteiger partial charge in [0.1, 0.15) is 5.57 Å². The zero-order valence-corrected chi connectivity index (χ0v) is 15.8. The number of azo groups is 1. The lowest BCUT2D eigenvalue weighted by molar-refractivity contribution is -0.120. The van der Waals surface area contributed by atoms with Crippen molar-refractivity contribution in [3.05, 3.63) is 23.9 Å². The highest BCUT2D eigenvalue weighted by Gasteiger charge is 2.20. The van der Waals surface area contributed by atoms with E-state index in [1.807, 2.05) is 0 Å². The predicted octanol–water partition coefficient (Wildman–Crippen LogP) is 6.47.